The maximum Gasteiger partial charge on any atom is 0.248 e. The maximum absolute atomic E-state index is 12.8. The van der Waals surface area contributed by atoms with Crippen molar-refractivity contribution < 1.29 is 17.6 Å². The first-order valence-corrected chi connectivity index (χ1v) is 8.18. The predicted octanol–water partition coefficient (Wildman–Crippen LogP) is 2.43. The minimum Gasteiger partial charge on any atom is -0.322 e. The van der Waals surface area contributed by atoms with Crippen LogP contribution in [0.1, 0.15) is 11.1 Å². The molecule has 2 rings (SSSR count). The second kappa shape index (κ2) is 6.72. The number of halogens is 1. The topological polar surface area (TPSA) is 89.3 Å². The molecule has 0 saturated heterocycles. The van der Waals surface area contributed by atoms with Gasteiger partial charge in [0.2, 0.25) is 15.9 Å². The lowest BCUT2D eigenvalue weighted by Crippen LogP contribution is -2.15. The number of anilines is 1. The number of amides is 1. The van der Waals surface area contributed by atoms with Crippen LogP contribution < -0.4 is 10.5 Å². The molecule has 0 fully saturated rings. The van der Waals surface area contributed by atoms with Crippen LogP contribution in [0.2, 0.25) is 0 Å². The third-order valence-corrected chi connectivity index (χ3v) is 4.11. The molecular weight excluding hydrogens is 319 g/mol. The Morgan fingerprint density at radius 2 is 1.83 bits per heavy atom. The van der Waals surface area contributed by atoms with Crippen LogP contribution in [0.25, 0.3) is 6.08 Å². The largest absolute Gasteiger partial charge is 0.322 e. The predicted molar refractivity (Wildman–Crippen MR) is 86.6 cm³/mol. The summed E-state index contributed by atoms with van der Waals surface area (Å²) in [5, 5.41) is 7.66. The van der Waals surface area contributed by atoms with Crippen molar-refractivity contribution in [3.63, 3.8) is 0 Å². The molecule has 120 valence electrons. The molecule has 0 aliphatic carbocycles. The highest BCUT2D eigenvalue weighted by molar-refractivity contribution is 7.89. The Labute approximate surface area is 133 Å². The fourth-order valence-corrected chi connectivity index (χ4v) is 2.72. The summed E-state index contributed by atoms with van der Waals surface area (Å²) in [6.45, 7) is 1.61. The number of carbonyl (C=O) groups excluding carboxylic acids is 1. The van der Waals surface area contributed by atoms with E-state index in [1.807, 2.05) is 0 Å². The van der Waals surface area contributed by atoms with Crippen molar-refractivity contribution in [3.05, 3.63) is 65.5 Å². The van der Waals surface area contributed by atoms with Crippen LogP contribution in [0.3, 0.4) is 0 Å². The van der Waals surface area contributed by atoms with Crippen molar-refractivity contribution in [2.45, 2.75) is 11.8 Å². The van der Waals surface area contributed by atoms with E-state index >= 15 is 0 Å². The molecule has 2 aromatic carbocycles. The number of carbonyl (C=O) groups is 1. The highest BCUT2D eigenvalue weighted by Gasteiger charge is 2.12. The van der Waals surface area contributed by atoms with E-state index in [1.165, 1.54) is 42.5 Å². The first-order chi connectivity index (χ1) is 10.8. The summed E-state index contributed by atoms with van der Waals surface area (Å²) in [5.74, 6) is -0.805. The molecule has 3 N–H and O–H groups in total. The van der Waals surface area contributed by atoms with E-state index in [9.17, 15) is 17.6 Å². The average molecular weight is 334 g/mol. The van der Waals surface area contributed by atoms with E-state index in [4.69, 9.17) is 5.14 Å². The molecule has 7 heteroatoms. The summed E-state index contributed by atoms with van der Waals surface area (Å²) in [4.78, 5) is 11.8. The molecular formula is C16H15FN2O3S. The maximum atomic E-state index is 12.8. The highest BCUT2D eigenvalue weighted by Crippen LogP contribution is 2.19. The molecule has 2 aromatic rings. The molecule has 23 heavy (non-hydrogen) atoms. The third kappa shape index (κ3) is 4.73. The smallest absolute Gasteiger partial charge is 0.248 e. The number of rotatable bonds is 4. The molecule has 0 saturated carbocycles. The van der Waals surface area contributed by atoms with Gasteiger partial charge in [0.25, 0.3) is 0 Å². The van der Waals surface area contributed by atoms with Gasteiger partial charge in [0.1, 0.15) is 5.82 Å². The minimum atomic E-state index is -3.86. The zero-order chi connectivity index (χ0) is 17.0. The monoisotopic (exact) mass is 334 g/mol. The SMILES string of the molecule is Cc1ccc(NC(=O)/C=C/c2ccc(F)cc2)cc1S(N)(=O)=O. The van der Waals surface area contributed by atoms with E-state index in [2.05, 4.69) is 5.32 Å². The molecule has 0 heterocycles. The summed E-state index contributed by atoms with van der Waals surface area (Å²) < 4.78 is 35.7. The number of benzene rings is 2. The number of sulfonamides is 1. The van der Waals surface area contributed by atoms with Crippen LogP contribution in [0.5, 0.6) is 0 Å². The van der Waals surface area contributed by atoms with Gasteiger partial charge in [0, 0.05) is 11.8 Å². The van der Waals surface area contributed by atoms with E-state index in [0.717, 1.165) is 0 Å². The molecule has 0 unspecified atom stereocenters. The third-order valence-electron chi connectivity index (χ3n) is 3.06. The Kier molecular flexibility index (Phi) is 4.92. The minimum absolute atomic E-state index is 0.0437. The Morgan fingerprint density at radius 3 is 2.43 bits per heavy atom. The number of hydrogen-bond donors (Lipinski definition) is 2. The molecule has 0 aliphatic rings. The quantitative estimate of drug-likeness (QED) is 0.842. The van der Waals surface area contributed by atoms with Crippen LogP contribution in [0.4, 0.5) is 10.1 Å². The normalized spacial score (nSPS) is 11.6. The van der Waals surface area contributed by atoms with Gasteiger partial charge in [-0.3, -0.25) is 4.79 Å². The van der Waals surface area contributed by atoms with Crippen molar-refractivity contribution >= 4 is 27.7 Å². The lowest BCUT2D eigenvalue weighted by atomic mass is 10.2. The number of hydrogen-bond acceptors (Lipinski definition) is 3. The molecule has 0 bridgehead atoms. The van der Waals surface area contributed by atoms with Crippen LogP contribution in [0.15, 0.2) is 53.4 Å². The first kappa shape index (κ1) is 16.9. The van der Waals surface area contributed by atoms with Gasteiger partial charge in [-0.2, -0.15) is 0 Å². The fraction of sp³-hybridized carbons (Fsp3) is 0.0625. The molecule has 0 aromatic heterocycles. The highest BCUT2D eigenvalue weighted by atomic mass is 32.2. The molecule has 0 spiro atoms. The molecule has 5 nitrogen and oxygen atoms in total. The van der Waals surface area contributed by atoms with E-state index < -0.39 is 15.9 Å². The van der Waals surface area contributed by atoms with Crippen molar-refractivity contribution in [1.82, 2.24) is 0 Å². The lowest BCUT2D eigenvalue weighted by molar-refractivity contribution is -0.111. The molecule has 0 atom stereocenters. The van der Waals surface area contributed by atoms with Crippen LogP contribution >= 0.6 is 0 Å². The zero-order valence-corrected chi connectivity index (χ0v) is 13.1. The first-order valence-electron chi connectivity index (χ1n) is 6.64. The number of nitrogens with two attached hydrogens (primary N) is 1. The summed E-state index contributed by atoms with van der Waals surface area (Å²) in [5.41, 5.74) is 1.47. The number of primary sulfonamides is 1. The van der Waals surface area contributed by atoms with E-state index in [0.29, 0.717) is 16.8 Å². The van der Waals surface area contributed by atoms with Gasteiger partial charge in [-0.25, -0.2) is 17.9 Å². The second-order valence-corrected chi connectivity index (χ2v) is 6.43. The summed E-state index contributed by atoms with van der Waals surface area (Å²) in [7, 11) is -3.86. The second-order valence-electron chi connectivity index (χ2n) is 4.90. The van der Waals surface area contributed by atoms with Gasteiger partial charge in [-0.1, -0.05) is 18.2 Å². The number of aryl methyl sites for hydroxylation is 1. The van der Waals surface area contributed by atoms with Crippen molar-refractivity contribution in [1.29, 1.82) is 0 Å². The Balaban J connectivity index is 2.13. The van der Waals surface area contributed by atoms with Crippen LogP contribution in [0, 0.1) is 12.7 Å². The standard InChI is InChI=1S/C16H15FN2O3S/c1-11-2-8-14(10-15(11)23(18,21)22)19-16(20)9-5-12-3-6-13(17)7-4-12/h2-10H,1H3,(H,19,20)(H2,18,21,22)/b9-5+. The summed E-state index contributed by atoms with van der Waals surface area (Å²) in [6.07, 6.45) is 2.78. The van der Waals surface area contributed by atoms with Crippen LogP contribution in [-0.2, 0) is 14.8 Å². The Bertz CT molecular complexity index is 859. The zero-order valence-electron chi connectivity index (χ0n) is 12.3. The summed E-state index contributed by atoms with van der Waals surface area (Å²) in [6, 6.07) is 10.1. The van der Waals surface area contributed by atoms with Gasteiger partial charge in [0.05, 0.1) is 4.90 Å². The van der Waals surface area contributed by atoms with Crippen molar-refractivity contribution in [2.24, 2.45) is 5.14 Å². The average Bonchev–Trinajstić information content (AvgIpc) is 2.47. The van der Waals surface area contributed by atoms with Crippen molar-refractivity contribution in [3.8, 4) is 0 Å². The molecule has 1 amide bonds. The van der Waals surface area contributed by atoms with E-state index in [-0.39, 0.29) is 10.7 Å². The Morgan fingerprint density at radius 1 is 1.17 bits per heavy atom. The van der Waals surface area contributed by atoms with Gasteiger partial charge in [0.15, 0.2) is 0 Å². The Hall–Kier alpha value is -2.51. The molecule has 0 aliphatic heterocycles. The van der Waals surface area contributed by atoms with Crippen LogP contribution in [-0.4, -0.2) is 14.3 Å². The molecule has 0 radical (unpaired) electrons. The van der Waals surface area contributed by atoms with Crippen molar-refractivity contribution in [2.75, 3.05) is 5.32 Å². The number of nitrogens with one attached hydrogen (secondary N) is 1. The van der Waals surface area contributed by atoms with E-state index in [1.54, 1.807) is 19.1 Å². The lowest BCUT2D eigenvalue weighted by Gasteiger charge is -2.07. The van der Waals surface area contributed by atoms with Gasteiger partial charge >= 0.3 is 0 Å². The van der Waals surface area contributed by atoms with Gasteiger partial charge in [-0.15, -0.1) is 0 Å². The summed E-state index contributed by atoms with van der Waals surface area (Å²) >= 11 is 0. The fourth-order valence-electron chi connectivity index (χ4n) is 1.91. The van der Waals surface area contributed by atoms with Gasteiger partial charge < -0.3 is 5.32 Å². The van der Waals surface area contributed by atoms with Gasteiger partial charge in [-0.05, 0) is 48.4 Å².